The van der Waals surface area contributed by atoms with Crippen molar-refractivity contribution in [2.45, 2.75) is 51.5 Å². The number of carbonyl (C=O) groups is 1. The Morgan fingerprint density at radius 1 is 1.38 bits per heavy atom. The molecule has 0 aromatic rings. The number of hydrogen-bond acceptors (Lipinski definition) is 4. The number of sulfonamides is 1. The zero-order valence-electron chi connectivity index (χ0n) is 13.2. The van der Waals surface area contributed by atoms with E-state index in [1.807, 2.05) is 6.92 Å². The van der Waals surface area contributed by atoms with Crippen molar-refractivity contribution in [3.8, 4) is 0 Å². The molecule has 1 aliphatic rings. The van der Waals surface area contributed by atoms with Crippen molar-refractivity contribution in [3.63, 3.8) is 0 Å². The predicted molar refractivity (Wildman–Crippen MR) is 84.6 cm³/mol. The Kier molecular flexibility index (Phi) is 8.21. The molecule has 0 aliphatic carbocycles. The summed E-state index contributed by atoms with van der Waals surface area (Å²) in [5.74, 6) is 0.0600. The molecule has 1 saturated heterocycles. The minimum atomic E-state index is -3.13. The second-order valence-corrected chi connectivity index (χ2v) is 7.63. The van der Waals surface area contributed by atoms with E-state index in [1.165, 1.54) is 23.4 Å². The van der Waals surface area contributed by atoms with Crippen LogP contribution in [0, 0.1) is 0 Å². The van der Waals surface area contributed by atoms with Crippen LogP contribution in [-0.2, 0) is 14.8 Å². The van der Waals surface area contributed by atoms with Crippen molar-refractivity contribution < 1.29 is 13.2 Å². The molecule has 0 aromatic carbocycles. The highest BCUT2D eigenvalue weighted by atomic mass is 32.2. The Morgan fingerprint density at radius 3 is 2.71 bits per heavy atom. The van der Waals surface area contributed by atoms with Gasteiger partial charge in [0.15, 0.2) is 0 Å². The molecule has 1 amide bonds. The molecule has 2 N–H and O–H groups in total. The van der Waals surface area contributed by atoms with Crippen LogP contribution >= 0.6 is 0 Å². The van der Waals surface area contributed by atoms with Gasteiger partial charge in [0.25, 0.3) is 0 Å². The standard InChI is InChI=1S/C14H29N3O3S/c1-3-17(21(2,19)20)12-6-11-16-14(18)9-8-13-7-4-5-10-15-13/h13,15H,3-12H2,1-2H3,(H,16,18). The summed E-state index contributed by atoms with van der Waals surface area (Å²) in [5, 5.41) is 6.29. The van der Waals surface area contributed by atoms with Crippen molar-refractivity contribution in [1.82, 2.24) is 14.9 Å². The van der Waals surface area contributed by atoms with Gasteiger partial charge in [0, 0.05) is 32.1 Å². The number of nitrogens with one attached hydrogen (secondary N) is 2. The summed E-state index contributed by atoms with van der Waals surface area (Å²) in [7, 11) is -3.13. The average Bonchev–Trinajstić information content (AvgIpc) is 2.45. The molecule has 1 unspecified atom stereocenters. The summed E-state index contributed by atoms with van der Waals surface area (Å²) in [5.41, 5.74) is 0. The van der Waals surface area contributed by atoms with Crippen molar-refractivity contribution >= 4 is 15.9 Å². The van der Waals surface area contributed by atoms with Crippen molar-refractivity contribution in [2.75, 3.05) is 32.4 Å². The maximum Gasteiger partial charge on any atom is 0.220 e. The highest BCUT2D eigenvalue weighted by Gasteiger charge is 2.15. The first-order valence-corrected chi connectivity index (χ1v) is 9.73. The summed E-state index contributed by atoms with van der Waals surface area (Å²) in [6.45, 7) is 4.34. The van der Waals surface area contributed by atoms with Gasteiger partial charge in [-0.3, -0.25) is 4.79 Å². The van der Waals surface area contributed by atoms with Gasteiger partial charge in [0.05, 0.1) is 6.26 Å². The van der Waals surface area contributed by atoms with Crippen LogP contribution in [0.3, 0.4) is 0 Å². The molecule has 0 bridgehead atoms. The van der Waals surface area contributed by atoms with Crippen LogP contribution in [0.1, 0.15) is 45.4 Å². The Hall–Kier alpha value is -0.660. The van der Waals surface area contributed by atoms with Gasteiger partial charge in [-0.1, -0.05) is 13.3 Å². The number of nitrogens with zero attached hydrogens (tertiary/aromatic N) is 1. The van der Waals surface area contributed by atoms with E-state index in [0.717, 1.165) is 19.4 Å². The SMILES string of the molecule is CCN(CCCNC(=O)CCC1CCCCN1)S(C)(=O)=O. The Bertz CT molecular complexity index is 406. The van der Waals surface area contributed by atoms with Crippen LogP contribution in [0.4, 0.5) is 0 Å². The van der Waals surface area contributed by atoms with Gasteiger partial charge < -0.3 is 10.6 Å². The molecular weight excluding hydrogens is 290 g/mol. The van der Waals surface area contributed by atoms with Crippen LogP contribution in [0.2, 0.25) is 0 Å². The number of amides is 1. The molecule has 7 heteroatoms. The van der Waals surface area contributed by atoms with Crippen molar-refractivity contribution in [2.24, 2.45) is 0 Å². The lowest BCUT2D eigenvalue weighted by Crippen LogP contribution is -2.36. The van der Waals surface area contributed by atoms with E-state index in [1.54, 1.807) is 0 Å². The lowest BCUT2D eigenvalue weighted by molar-refractivity contribution is -0.121. The van der Waals surface area contributed by atoms with Crippen LogP contribution in [0.15, 0.2) is 0 Å². The normalized spacial score (nSPS) is 19.7. The number of hydrogen-bond donors (Lipinski definition) is 2. The minimum Gasteiger partial charge on any atom is -0.356 e. The molecule has 0 spiro atoms. The molecule has 1 heterocycles. The lowest BCUT2D eigenvalue weighted by Gasteiger charge is -2.23. The monoisotopic (exact) mass is 319 g/mol. The summed E-state index contributed by atoms with van der Waals surface area (Å²) in [4.78, 5) is 11.7. The number of rotatable bonds is 9. The highest BCUT2D eigenvalue weighted by molar-refractivity contribution is 7.88. The van der Waals surface area contributed by atoms with Crippen molar-refractivity contribution in [1.29, 1.82) is 0 Å². The van der Waals surface area contributed by atoms with E-state index < -0.39 is 10.0 Å². The molecule has 6 nitrogen and oxygen atoms in total. The quantitative estimate of drug-likeness (QED) is 0.613. The molecule has 1 aliphatic heterocycles. The van der Waals surface area contributed by atoms with E-state index >= 15 is 0 Å². The van der Waals surface area contributed by atoms with Crippen LogP contribution in [0.25, 0.3) is 0 Å². The third kappa shape index (κ3) is 7.78. The molecule has 0 radical (unpaired) electrons. The van der Waals surface area contributed by atoms with Gasteiger partial charge in [-0.05, 0) is 32.2 Å². The largest absolute Gasteiger partial charge is 0.356 e. The fraction of sp³-hybridized carbons (Fsp3) is 0.929. The fourth-order valence-corrected chi connectivity index (χ4v) is 3.54. The Morgan fingerprint density at radius 2 is 2.14 bits per heavy atom. The van der Waals surface area contributed by atoms with E-state index in [9.17, 15) is 13.2 Å². The molecule has 1 rings (SSSR count). The zero-order chi connectivity index (χ0) is 15.7. The Balaban J connectivity index is 2.10. The molecule has 21 heavy (non-hydrogen) atoms. The van der Waals surface area contributed by atoms with Gasteiger partial charge in [-0.15, -0.1) is 0 Å². The van der Waals surface area contributed by atoms with Gasteiger partial charge >= 0.3 is 0 Å². The van der Waals surface area contributed by atoms with E-state index in [2.05, 4.69) is 10.6 Å². The third-order valence-electron chi connectivity index (χ3n) is 3.86. The number of piperidine rings is 1. The third-order valence-corrected chi connectivity index (χ3v) is 5.24. The molecule has 124 valence electrons. The van der Waals surface area contributed by atoms with Crippen LogP contribution < -0.4 is 10.6 Å². The summed E-state index contributed by atoms with van der Waals surface area (Å²) in [6, 6.07) is 0.477. The van der Waals surface area contributed by atoms with Gasteiger partial charge in [0.1, 0.15) is 0 Å². The first-order chi connectivity index (χ1) is 9.93. The number of carbonyl (C=O) groups excluding carboxylic acids is 1. The fourth-order valence-electron chi connectivity index (χ4n) is 2.61. The van der Waals surface area contributed by atoms with Crippen LogP contribution in [-0.4, -0.2) is 57.1 Å². The van der Waals surface area contributed by atoms with E-state index in [4.69, 9.17) is 0 Å². The zero-order valence-corrected chi connectivity index (χ0v) is 14.0. The highest BCUT2D eigenvalue weighted by Crippen LogP contribution is 2.11. The summed E-state index contributed by atoms with van der Waals surface area (Å²) in [6.07, 6.45) is 6.93. The first kappa shape index (κ1) is 18.4. The Labute approximate surface area is 128 Å². The second kappa shape index (κ2) is 9.38. The molecule has 1 atom stereocenters. The maximum absolute atomic E-state index is 11.7. The van der Waals surface area contributed by atoms with E-state index in [-0.39, 0.29) is 5.91 Å². The predicted octanol–water partition coefficient (Wildman–Crippen LogP) is 0.697. The topological polar surface area (TPSA) is 78.5 Å². The maximum atomic E-state index is 11.7. The average molecular weight is 319 g/mol. The molecular formula is C14H29N3O3S. The first-order valence-electron chi connectivity index (χ1n) is 7.88. The second-order valence-electron chi connectivity index (χ2n) is 5.64. The van der Waals surface area contributed by atoms with Gasteiger partial charge in [-0.25, -0.2) is 12.7 Å². The summed E-state index contributed by atoms with van der Waals surface area (Å²) < 4.78 is 24.2. The van der Waals surface area contributed by atoms with Gasteiger partial charge in [0.2, 0.25) is 15.9 Å². The lowest BCUT2D eigenvalue weighted by atomic mass is 10.0. The van der Waals surface area contributed by atoms with Gasteiger partial charge in [-0.2, -0.15) is 0 Å². The summed E-state index contributed by atoms with van der Waals surface area (Å²) >= 11 is 0. The van der Waals surface area contributed by atoms with Crippen molar-refractivity contribution in [3.05, 3.63) is 0 Å². The van der Waals surface area contributed by atoms with E-state index in [0.29, 0.717) is 38.5 Å². The molecule has 0 saturated carbocycles. The van der Waals surface area contributed by atoms with Crippen LogP contribution in [0.5, 0.6) is 0 Å². The minimum absolute atomic E-state index is 0.0600. The smallest absolute Gasteiger partial charge is 0.220 e. The molecule has 0 aromatic heterocycles. The molecule has 1 fully saturated rings.